The lowest BCUT2D eigenvalue weighted by atomic mass is 9.93. The van der Waals surface area contributed by atoms with Crippen LogP contribution in [0.5, 0.6) is 0 Å². The van der Waals surface area contributed by atoms with Crippen LogP contribution in [-0.4, -0.2) is 34.7 Å². The highest BCUT2D eigenvalue weighted by molar-refractivity contribution is 7.81. The zero-order valence-electron chi connectivity index (χ0n) is 16.8. The van der Waals surface area contributed by atoms with Crippen molar-refractivity contribution in [1.29, 1.82) is 0 Å². The Bertz CT molecular complexity index is 1060. The molecule has 0 aliphatic carbocycles. The van der Waals surface area contributed by atoms with E-state index in [1.54, 1.807) is 0 Å². The smallest absolute Gasteiger partial charge is 0.410 e. The summed E-state index contributed by atoms with van der Waals surface area (Å²) in [5.74, 6) is -1.06. The zero-order valence-corrected chi connectivity index (χ0v) is 17.7. The van der Waals surface area contributed by atoms with Crippen LogP contribution in [0.4, 0.5) is 4.79 Å². The van der Waals surface area contributed by atoms with Crippen molar-refractivity contribution in [3.8, 4) is 11.1 Å². The fourth-order valence-electron chi connectivity index (χ4n) is 3.91. The molecule has 4 rings (SSSR count). The lowest BCUT2D eigenvalue weighted by Gasteiger charge is -2.24. The highest BCUT2D eigenvalue weighted by Gasteiger charge is 2.48. The summed E-state index contributed by atoms with van der Waals surface area (Å²) in [6.45, 7) is 0.249. The summed E-state index contributed by atoms with van der Waals surface area (Å²) in [5, 5.41) is 9.71. The largest absolute Gasteiger partial charge is 0.480 e. The quantitative estimate of drug-likeness (QED) is 0.557. The molecular formula is C25H23NO4S. The van der Waals surface area contributed by atoms with Crippen molar-refractivity contribution in [2.24, 2.45) is 0 Å². The summed E-state index contributed by atoms with van der Waals surface area (Å²) in [6, 6.07) is 26.2. The van der Waals surface area contributed by atoms with Crippen LogP contribution in [0.2, 0.25) is 0 Å². The van der Waals surface area contributed by atoms with Gasteiger partial charge in [-0.1, -0.05) is 84.9 Å². The highest BCUT2D eigenvalue weighted by atomic mass is 32.1. The van der Waals surface area contributed by atoms with Gasteiger partial charge in [-0.25, -0.2) is 9.59 Å². The molecule has 1 fully saturated rings. The molecule has 1 aliphatic heterocycles. The average molecular weight is 434 g/mol. The van der Waals surface area contributed by atoms with E-state index in [1.165, 1.54) is 4.90 Å². The number of hydrogen-bond acceptors (Lipinski definition) is 4. The minimum Gasteiger partial charge on any atom is -0.480 e. The highest BCUT2D eigenvalue weighted by Crippen LogP contribution is 2.42. The molecule has 0 bridgehead atoms. The molecule has 0 unspecified atom stereocenters. The van der Waals surface area contributed by atoms with Gasteiger partial charge < -0.3 is 9.84 Å². The minimum absolute atomic E-state index is 0.0911. The van der Waals surface area contributed by atoms with E-state index in [9.17, 15) is 14.7 Å². The lowest BCUT2D eigenvalue weighted by molar-refractivity contribution is -0.141. The molecule has 158 valence electrons. The zero-order chi connectivity index (χ0) is 21.8. The van der Waals surface area contributed by atoms with E-state index in [4.69, 9.17) is 17.4 Å². The molecule has 0 aromatic heterocycles. The van der Waals surface area contributed by atoms with Crippen molar-refractivity contribution in [2.75, 3.05) is 6.54 Å². The van der Waals surface area contributed by atoms with E-state index < -0.39 is 22.9 Å². The average Bonchev–Trinajstić information content (AvgIpc) is 3.18. The molecule has 1 saturated heterocycles. The van der Waals surface area contributed by atoms with Crippen molar-refractivity contribution < 1.29 is 19.4 Å². The van der Waals surface area contributed by atoms with Gasteiger partial charge in [0.25, 0.3) is 0 Å². The van der Waals surface area contributed by atoms with E-state index in [0.717, 1.165) is 22.3 Å². The molecule has 5 nitrogen and oxygen atoms in total. The van der Waals surface area contributed by atoms with Gasteiger partial charge >= 0.3 is 12.1 Å². The van der Waals surface area contributed by atoms with Crippen LogP contribution in [0.25, 0.3) is 11.1 Å². The Morgan fingerprint density at radius 1 is 0.935 bits per heavy atom. The second-order valence-electron chi connectivity index (χ2n) is 7.70. The van der Waals surface area contributed by atoms with Gasteiger partial charge in [0.05, 0.1) is 4.75 Å². The normalized spacial score (nSPS) is 20.4. The third-order valence-electron chi connectivity index (χ3n) is 5.59. The van der Waals surface area contributed by atoms with Crippen LogP contribution in [0, 0.1) is 0 Å². The Morgan fingerprint density at radius 3 is 2.13 bits per heavy atom. The van der Waals surface area contributed by atoms with Crippen LogP contribution >= 0.6 is 12.6 Å². The number of thiol groups is 1. The Hall–Kier alpha value is -3.25. The molecule has 1 heterocycles. The monoisotopic (exact) mass is 433 g/mol. The summed E-state index contributed by atoms with van der Waals surface area (Å²) >= 11 is 4.83. The third kappa shape index (κ3) is 4.59. The van der Waals surface area contributed by atoms with Crippen LogP contribution < -0.4 is 0 Å². The number of carbonyl (C=O) groups excluding carboxylic acids is 1. The fourth-order valence-corrected chi connectivity index (χ4v) is 4.39. The first-order chi connectivity index (χ1) is 15.0. The van der Waals surface area contributed by atoms with E-state index in [2.05, 4.69) is 0 Å². The summed E-state index contributed by atoms with van der Waals surface area (Å²) in [4.78, 5) is 25.8. The van der Waals surface area contributed by atoms with Crippen LogP contribution in [0.15, 0.2) is 84.9 Å². The maximum atomic E-state index is 12.7. The van der Waals surface area contributed by atoms with Crippen LogP contribution in [0.1, 0.15) is 17.5 Å². The summed E-state index contributed by atoms with van der Waals surface area (Å²) in [7, 11) is 0. The first-order valence-corrected chi connectivity index (χ1v) is 10.5. The summed E-state index contributed by atoms with van der Waals surface area (Å²) < 4.78 is 4.61. The Morgan fingerprint density at radius 2 is 1.52 bits per heavy atom. The van der Waals surface area contributed by atoms with Crippen molar-refractivity contribution in [1.82, 2.24) is 4.90 Å². The van der Waals surface area contributed by atoms with Gasteiger partial charge in [-0.3, -0.25) is 4.90 Å². The first kappa shape index (κ1) is 21.0. The number of ether oxygens (including phenoxy) is 1. The van der Waals surface area contributed by atoms with Crippen LogP contribution in [-0.2, 0) is 20.9 Å². The van der Waals surface area contributed by atoms with Gasteiger partial charge in [-0.05, 0) is 28.7 Å². The SMILES string of the molecule is O=C(O)[C@@H]1C[C@@](S)(c2ccc(-c3ccccc3)cc2)CN1C(=O)OCc1ccccc1. The van der Waals surface area contributed by atoms with E-state index in [0.29, 0.717) is 0 Å². The van der Waals surface area contributed by atoms with Gasteiger partial charge in [0.2, 0.25) is 0 Å². The van der Waals surface area contributed by atoms with Gasteiger partial charge in [0, 0.05) is 6.54 Å². The molecule has 1 aliphatic rings. The number of carboxylic acids is 1. The van der Waals surface area contributed by atoms with Crippen molar-refractivity contribution >= 4 is 24.7 Å². The van der Waals surface area contributed by atoms with E-state index >= 15 is 0 Å². The molecule has 6 heteroatoms. The molecular weight excluding hydrogens is 410 g/mol. The van der Waals surface area contributed by atoms with Crippen molar-refractivity contribution in [3.05, 3.63) is 96.1 Å². The molecule has 0 radical (unpaired) electrons. The number of rotatable bonds is 5. The second-order valence-corrected chi connectivity index (χ2v) is 8.56. The number of nitrogens with zero attached hydrogens (tertiary/aromatic N) is 1. The topological polar surface area (TPSA) is 66.8 Å². The van der Waals surface area contributed by atoms with E-state index in [-0.39, 0.29) is 19.6 Å². The number of amides is 1. The van der Waals surface area contributed by atoms with Gasteiger partial charge in [-0.2, -0.15) is 12.6 Å². The lowest BCUT2D eigenvalue weighted by Crippen LogP contribution is -2.41. The third-order valence-corrected chi connectivity index (χ3v) is 6.18. The summed E-state index contributed by atoms with van der Waals surface area (Å²) in [6.07, 6.45) is -0.440. The predicted octanol–water partition coefficient (Wildman–Crippen LogP) is 4.97. The number of aliphatic carboxylic acids is 1. The molecule has 1 amide bonds. The predicted molar refractivity (Wildman–Crippen MR) is 122 cm³/mol. The number of carboxylic acid groups (broad SMARTS) is 1. The fraction of sp³-hybridized carbons (Fsp3) is 0.200. The molecule has 0 spiro atoms. The number of benzene rings is 3. The van der Waals surface area contributed by atoms with Gasteiger partial charge in [0.15, 0.2) is 0 Å². The maximum absolute atomic E-state index is 12.7. The number of carbonyl (C=O) groups is 2. The number of hydrogen-bond donors (Lipinski definition) is 2. The van der Waals surface area contributed by atoms with Gasteiger partial charge in [-0.15, -0.1) is 0 Å². The maximum Gasteiger partial charge on any atom is 0.410 e. The standard InChI is InChI=1S/C25H23NO4S/c27-23(28)22-15-25(31,17-26(22)24(29)30-16-18-7-3-1-4-8-18)21-13-11-20(12-14-21)19-9-5-2-6-10-19/h1-14,22,31H,15-17H2,(H,27,28)/t22-,25-/m0/s1. The molecule has 1 N–H and O–H groups in total. The molecule has 0 saturated carbocycles. The second kappa shape index (κ2) is 8.86. The Balaban J connectivity index is 1.51. The first-order valence-electron chi connectivity index (χ1n) is 10.0. The Labute approximate surface area is 186 Å². The molecule has 31 heavy (non-hydrogen) atoms. The minimum atomic E-state index is -1.06. The van der Waals surface area contributed by atoms with Crippen molar-refractivity contribution in [3.63, 3.8) is 0 Å². The van der Waals surface area contributed by atoms with Gasteiger partial charge in [0.1, 0.15) is 12.6 Å². The van der Waals surface area contributed by atoms with Crippen LogP contribution in [0.3, 0.4) is 0 Å². The molecule has 3 aromatic rings. The van der Waals surface area contributed by atoms with E-state index in [1.807, 2.05) is 84.9 Å². The molecule has 2 atom stereocenters. The molecule has 3 aromatic carbocycles. The number of likely N-dealkylation sites (tertiary alicyclic amines) is 1. The Kier molecular flexibility index (Phi) is 6.00. The summed E-state index contributed by atoms with van der Waals surface area (Å²) in [5.41, 5.74) is 3.88. The van der Waals surface area contributed by atoms with Crippen molar-refractivity contribution in [2.45, 2.75) is 23.8 Å².